The molecule has 4 nitrogen and oxygen atoms in total. The van der Waals surface area contributed by atoms with Crippen LogP contribution in [0, 0.1) is 11.6 Å². The monoisotopic (exact) mass is 243 g/mol. The molecule has 0 aliphatic carbocycles. The molecule has 0 spiro atoms. The van der Waals surface area contributed by atoms with Gasteiger partial charge in [-0.15, -0.1) is 0 Å². The van der Waals surface area contributed by atoms with Crippen molar-refractivity contribution >= 4 is 5.97 Å². The summed E-state index contributed by atoms with van der Waals surface area (Å²) < 4.78 is 32.7. The molecule has 6 heteroatoms. The first-order chi connectivity index (χ1) is 8.06. The molecule has 1 heterocycles. The number of hydrogen-bond acceptors (Lipinski definition) is 3. The Hall–Kier alpha value is -1.69. The van der Waals surface area contributed by atoms with Crippen LogP contribution in [0.4, 0.5) is 8.78 Å². The SMILES string of the molecule is NCC(C(=O)O)c1c(F)cc2c(c1F)CCO2. The van der Waals surface area contributed by atoms with Gasteiger partial charge in [0.25, 0.3) is 0 Å². The van der Waals surface area contributed by atoms with E-state index in [-0.39, 0.29) is 24.5 Å². The highest BCUT2D eigenvalue weighted by Crippen LogP contribution is 2.34. The summed E-state index contributed by atoms with van der Waals surface area (Å²) in [4.78, 5) is 10.9. The van der Waals surface area contributed by atoms with Crippen LogP contribution in [0.1, 0.15) is 17.0 Å². The van der Waals surface area contributed by atoms with Crippen LogP contribution >= 0.6 is 0 Å². The quantitative estimate of drug-likeness (QED) is 0.831. The van der Waals surface area contributed by atoms with Crippen LogP contribution in [0.25, 0.3) is 0 Å². The van der Waals surface area contributed by atoms with Gasteiger partial charge < -0.3 is 15.6 Å². The van der Waals surface area contributed by atoms with Gasteiger partial charge in [0.2, 0.25) is 0 Å². The number of rotatable bonds is 3. The van der Waals surface area contributed by atoms with Crippen molar-refractivity contribution in [1.82, 2.24) is 0 Å². The predicted octanol–water partition coefficient (Wildman–Crippen LogP) is 1.03. The molecule has 0 amide bonds. The van der Waals surface area contributed by atoms with Crippen LogP contribution in [-0.4, -0.2) is 24.2 Å². The summed E-state index contributed by atoms with van der Waals surface area (Å²) in [5.74, 6) is -4.36. The van der Waals surface area contributed by atoms with E-state index in [1.165, 1.54) is 0 Å². The third kappa shape index (κ3) is 1.84. The molecule has 2 rings (SSSR count). The maximum atomic E-state index is 14.0. The molecule has 1 aromatic rings. The number of aliphatic carboxylic acids is 1. The van der Waals surface area contributed by atoms with Crippen LogP contribution in [0.3, 0.4) is 0 Å². The van der Waals surface area contributed by atoms with Gasteiger partial charge in [-0.2, -0.15) is 0 Å². The van der Waals surface area contributed by atoms with Crippen LogP contribution in [0.5, 0.6) is 5.75 Å². The fourth-order valence-corrected chi connectivity index (χ4v) is 1.94. The Bertz CT molecular complexity index is 476. The van der Waals surface area contributed by atoms with Crippen molar-refractivity contribution < 1.29 is 23.4 Å². The van der Waals surface area contributed by atoms with Crippen LogP contribution in [0.2, 0.25) is 0 Å². The van der Waals surface area contributed by atoms with E-state index in [1.54, 1.807) is 0 Å². The Morgan fingerprint density at radius 2 is 2.29 bits per heavy atom. The number of halogens is 2. The average molecular weight is 243 g/mol. The second-order valence-corrected chi connectivity index (χ2v) is 3.79. The zero-order valence-corrected chi connectivity index (χ0v) is 8.87. The normalized spacial score (nSPS) is 15.2. The first-order valence-electron chi connectivity index (χ1n) is 5.12. The first-order valence-corrected chi connectivity index (χ1v) is 5.12. The third-order valence-electron chi connectivity index (χ3n) is 2.81. The standard InChI is InChI=1S/C11H11F2NO3/c12-7-3-8-5(1-2-17-8)10(13)9(7)6(4-14)11(15)16/h3,6H,1-2,4,14H2,(H,15,16). The molecule has 3 N–H and O–H groups in total. The van der Waals surface area contributed by atoms with Gasteiger partial charge in [-0.05, 0) is 0 Å². The van der Waals surface area contributed by atoms with E-state index in [9.17, 15) is 13.6 Å². The second kappa shape index (κ2) is 4.29. The second-order valence-electron chi connectivity index (χ2n) is 3.79. The zero-order valence-electron chi connectivity index (χ0n) is 8.87. The van der Waals surface area contributed by atoms with Gasteiger partial charge >= 0.3 is 5.97 Å². The van der Waals surface area contributed by atoms with Crippen molar-refractivity contribution in [2.24, 2.45) is 5.73 Å². The van der Waals surface area contributed by atoms with Gasteiger partial charge in [0, 0.05) is 30.2 Å². The topological polar surface area (TPSA) is 72.6 Å². The first kappa shape index (κ1) is 11.8. The zero-order chi connectivity index (χ0) is 12.6. The maximum Gasteiger partial charge on any atom is 0.312 e. The smallest absolute Gasteiger partial charge is 0.312 e. The van der Waals surface area contributed by atoms with Crippen molar-refractivity contribution in [3.8, 4) is 5.75 Å². The van der Waals surface area contributed by atoms with Gasteiger partial charge in [0.15, 0.2) is 0 Å². The fraction of sp³-hybridized carbons (Fsp3) is 0.364. The Morgan fingerprint density at radius 1 is 1.59 bits per heavy atom. The van der Waals surface area contributed by atoms with Crippen LogP contribution in [0.15, 0.2) is 6.07 Å². The number of carboxylic acid groups (broad SMARTS) is 1. The lowest BCUT2D eigenvalue weighted by atomic mass is 9.95. The molecule has 0 bridgehead atoms. The van der Waals surface area contributed by atoms with Crippen LogP contribution < -0.4 is 10.5 Å². The van der Waals surface area contributed by atoms with E-state index in [1.807, 2.05) is 0 Å². The summed E-state index contributed by atoms with van der Waals surface area (Å²) in [6.07, 6.45) is 0.311. The Morgan fingerprint density at radius 3 is 2.88 bits per heavy atom. The summed E-state index contributed by atoms with van der Waals surface area (Å²) in [7, 11) is 0. The lowest BCUT2D eigenvalue weighted by Gasteiger charge is -2.14. The van der Waals surface area contributed by atoms with E-state index < -0.39 is 29.1 Å². The van der Waals surface area contributed by atoms with Crippen molar-refractivity contribution in [1.29, 1.82) is 0 Å². The van der Waals surface area contributed by atoms with Crippen LogP contribution in [-0.2, 0) is 11.2 Å². The van der Waals surface area contributed by atoms with E-state index in [0.29, 0.717) is 6.42 Å². The highest BCUT2D eigenvalue weighted by atomic mass is 19.1. The van der Waals surface area contributed by atoms with Gasteiger partial charge in [0.05, 0.1) is 12.5 Å². The summed E-state index contributed by atoms with van der Waals surface area (Å²) in [6, 6.07) is 1.02. The molecule has 0 fully saturated rings. The van der Waals surface area contributed by atoms with E-state index >= 15 is 0 Å². The molecule has 1 aliphatic rings. The van der Waals surface area contributed by atoms with Gasteiger partial charge in [-0.1, -0.05) is 0 Å². The molecule has 92 valence electrons. The number of fused-ring (bicyclic) bond motifs is 1. The largest absolute Gasteiger partial charge is 0.493 e. The minimum absolute atomic E-state index is 0.143. The summed E-state index contributed by atoms with van der Waals surface area (Å²) in [5.41, 5.74) is 4.98. The molecule has 17 heavy (non-hydrogen) atoms. The molecule has 0 radical (unpaired) electrons. The van der Waals surface area contributed by atoms with Gasteiger partial charge in [-0.3, -0.25) is 4.79 Å². The highest BCUT2D eigenvalue weighted by molar-refractivity contribution is 5.77. The van der Waals surface area contributed by atoms with E-state index in [0.717, 1.165) is 6.07 Å². The highest BCUT2D eigenvalue weighted by Gasteiger charge is 2.30. The predicted molar refractivity (Wildman–Crippen MR) is 55.0 cm³/mol. The molecular formula is C11H11F2NO3. The number of hydrogen-bond donors (Lipinski definition) is 2. The Balaban J connectivity index is 2.58. The molecule has 0 saturated carbocycles. The number of benzene rings is 1. The molecule has 0 saturated heterocycles. The van der Waals surface area contributed by atoms with Gasteiger partial charge in [-0.25, -0.2) is 8.78 Å². The molecule has 1 atom stereocenters. The lowest BCUT2D eigenvalue weighted by Crippen LogP contribution is -2.23. The number of ether oxygens (including phenoxy) is 1. The molecule has 1 aromatic carbocycles. The van der Waals surface area contributed by atoms with E-state index in [2.05, 4.69) is 0 Å². The Labute approximate surface area is 96.0 Å². The van der Waals surface area contributed by atoms with Crippen molar-refractivity contribution in [3.05, 3.63) is 28.8 Å². The fourth-order valence-electron chi connectivity index (χ4n) is 1.94. The number of carbonyl (C=O) groups is 1. The van der Waals surface area contributed by atoms with Crippen molar-refractivity contribution in [2.75, 3.05) is 13.2 Å². The molecule has 0 aromatic heterocycles. The number of carboxylic acids is 1. The summed E-state index contributed by atoms with van der Waals surface area (Å²) in [5, 5.41) is 8.88. The van der Waals surface area contributed by atoms with Crippen molar-refractivity contribution in [2.45, 2.75) is 12.3 Å². The Kier molecular flexibility index (Phi) is 2.97. The van der Waals surface area contributed by atoms with Crippen molar-refractivity contribution in [3.63, 3.8) is 0 Å². The number of nitrogens with two attached hydrogens (primary N) is 1. The molecule has 1 aliphatic heterocycles. The minimum atomic E-state index is -1.37. The van der Waals surface area contributed by atoms with Gasteiger partial charge in [0.1, 0.15) is 17.4 Å². The maximum absolute atomic E-state index is 14.0. The van der Waals surface area contributed by atoms with E-state index in [4.69, 9.17) is 15.6 Å². The molecule has 1 unspecified atom stereocenters. The average Bonchev–Trinajstić information content (AvgIpc) is 2.71. The minimum Gasteiger partial charge on any atom is -0.493 e. The summed E-state index contributed by atoms with van der Waals surface area (Å²) in [6.45, 7) is -0.0850. The summed E-state index contributed by atoms with van der Waals surface area (Å²) >= 11 is 0. The lowest BCUT2D eigenvalue weighted by molar-refractivity contribution is -0.138. The third-order valence-corrected chi connectivity index (χ3v) is 2.81. The molecular weight excluding hydrogens is 232 g/mol.